The molecular formula is C17H19NO5S. The van der Waals surface area contributed by atoms with Gasteiger partial charge in [-0.3, -0.25) is 4.79 Å². The second-order valence-electron chi connectivity index (χ2n) is 5.52. The van der Waals surface area contributed by atoms with Crippen LogP contribution >= 0.6 is 0 Å². The lowest BCUT2D eigenvalue weighted by molar-refractivity contribution is -0.122. The third-order valence-electron chi connectivity index (χ3n) is 3.33. The van der Waals surface area contributed by atoms with Crippen LogP contribution in [0.5, 0.6) is 11.5 Å². The molecule has 0 heterocycles. The Kier molecular flexibility index (Phi) is 5.14. The number of aryl methyl sites for hydroxylation is 1. The van der Waals surface area contributed by atoms with Gasteiger partial charge in [-0.15, -0.1) is 0 Å². The quantitative estimate of drug-likeness (QED) is 0.809. The molecule has 0 saturated heterocycles. The van der Waals surface area contributed by atoms with Crippen LogP contribution in [-0.4, -0.2) is 31.8 Å². The predicted molar refractivity (Wildman–Crippen MR) is 91.1 cm³/mol. The van der Waals surface area contributed by atoms with Crippen molar-refractivity contribution in [2.75, 3.05) is 11.6 Å². The zero-order valence-corrected chi connectivity index (χ0v) is 14.4. The number of carbonyl (C=O) groups is 1. The van der Waals surface area contributed by atoms with Gasteiger partial charge in [-0.2, -0.15) is 0 Å². The van der Waals surface area contributed by atoms with E-state index in [9.17, 15) is 18.3 Å². The smallest absolute Gasteiger partial charge is 0.265 e. The molecule has 1 amide bonds. The van der Waals surface area contributed by atoms with Crippen LogP contribution in [0.25, 0.3) is 0 Å². The molecule has 24 heavy (non-hydrogen) atoms. The molecule has 7 heteroatoms. The highest BCUT2D eigenvalue weighted by Gasteiger charge is 2.18. The third-order valence-corrected chi connectivity index (χ3v) is 4.44. The summed E-state index contributed by atoms with van der Waals surface area (Å²) in [5.41, 5.74) is 1.02. The Bertz CT molecular complexity index is 861. The summed E-state index contributed by atoms with van der Waals surface area (Å²) in [7, 11) is -3.45. The van der Waals surface area contributed by atoms with Gasteiger partial charge in [-0.1, -0.05) is 12.1 Å². The lowest BCUT2D eigenvalue weighted by atomic mass is 10.2. The molecule has 0 aliphatic carbocycles. The van der Waals surface area contributed by atoms with Gasteiger partial charge in [0.15, 0.2) is 15.9 Å². The van der Waals surface area contributed by atoms with E-state index in [2.05, 4.69) is 5.32 Å². The molecule has 2 rings (SSSR count). The number of phenols is 1. The van der Waals surface area contributed by atoms with E-state index in [4.69, 9.17) is 4.74 Å². The van der Waals surface area contributed by atoms with Gasteiger partial charge in [0.05, 0.1) is 10.6 Å². The molecule has 1 atom stereocenters. The summed E-state index contributed by atoms with van der Waals surface area (Å²) in [4.78, 5) is 12.2. The Morgan fingerprint density at radius 2 is 1.92 bits per heavy atom. The van der Waals surface area contributed by atoms with Crippen LogP contribution in [0.15, 0.2) is 47.4 Å². The number of nitrogens with one attached hydrogen (secondary N) is 1. The molecule has 128 valence electrons. The van der Waals surface area contributed by atoms with Crippen molar-refractivity contribution in [3.8, 4) is 11.5 Å². The summed E-state index contributed by atoms with van der Waals surface area (Å²) in [6.45, 7) is 3.47. The Hall–Kier alpha value is -2.54. The molecule has 0 aliphatic rings. The lowest BCUT2D eigenvalue weighted by Crippen LogP contribution is -2.30. The SMILES string of the molecule is Cc1cccc(OC(C)C(=O)Nc2cc(S(C)(=O)=O)ccc2O)c1. The molecule has 0 radical (unpaired) electrons. The van der Waals surface area contributed by atoms with Gasteiger partial charge >= 0.3 is 0 Å². The van der Waals surface area contributed by atoms with Crippen LogP contribution in [0.3, 0.4) is 0 Å². The van der Waals surface area contributed by atoms with Crippen LogP contribution in [0.2, 0.25) is 0 Å². The first-order valence-corrected chi connectivity index (χ1v) is 9.13. The summed E-state index contributed by atoms with van der Waals surface area (Å²) >= 11 is 0. The van der Waals surface area contributed by atoms with Gasteiger partial charge in [0.2, 0.25) is 0 Å². The van der Waals surface area contributed by atoms with Crippen LogP contribution in [-0.2, 0) is 14.6 Å². The van der Waals surface area contributed by atoms with E-state index in [0.29, 0.717) is 5.75 Å². The number of anilines is 1. The molecular weight excluding hydrogens is 330 g/mol. The molecule has 0 aliphatic heterocycles. The van der Waals surface area contributed by atoms with E-state index in [0.717, 1.165) is 11.8 Å². The molecule has 0 aromatic heterocycles. The van der Waals surface area contributed by atoms with Gasteiger partial charge in [0, 0.05) is 6.26 Å². The Labute approximate surface area is 141 Å². The Balaban J connectivity index is 2.14. The van der Waals surface area contributed by atoms with Crippen molar-refractivity contribution in [1.29, 1.82) is 0 Å². The number of ether oxygens (including phenoxy) is 1. The maximum Gasteiger partial charge on any atom is 0.265 e. The number of aromatic hydroxyl groups is 1. The van der Waals surface area contributed by atoms with Crippen molar-refractivity contribution in [3.63, 3.8) is 0 Å². The van der Waals surface area contributed by atoms with Crippen molar-refractivity contribution in [2.24, 2.45) is 0 Å². The van der Waals surface area contributed by atoms with Gasteiger partial charge in [-0.25, -0.2) is 8.42 Å². The maximum atomic E-state index is 12.2. The lowest BCUT2D eigenvalue weighted by Gasteiger charge is -2.16. The summed E-state index contributed by atoms with van der Waals surface area (Å²) in [5.74, 6) is -0.178. The fourth-order valence-corrected chi connectivity index (χ4v) is 2.67. The zero-order valence-electron chi connectivity index (χ0n) is 13.6. The molecule has 1 unspecified atom stereocenters. The molecule has 0 bridgehead atoms. The largest absolute Gasteiger partial charge is 0.506 e. The summed E-state index contributed by atoms with van der Waals surface area (Å²) in [5, 5.41) is 12.3. The summed E-state index contributed by atoms with van der Waals surface area (Å²) in [6, 6.07) is 11.0. The number of benzene rings is 2. The minimum Gasteiger partial charge on any atom is -0.506 e. The molecule has 2 aromatic carbocycles. The molecule has 0 fully saturated rings. The first-order chi connectivity index (χ1) is 11.2. The van der Waals surface area contributed by atoms with Crippen LogP contribution in [0.1, 0.15) is 12.5 Å². The Morgan fingerprint density at radius 3 is 2.54 bits per heavy atom. The van der Waals surface area contributed by atoms with Crippen molar-refractivity contribution in [1.82, 2.24) is 0 Å². The maximum absolute atomic E-state index is 12.2. The molecule has 0 spiro atoms. The van der Waals surface area contributed by atoms with Crippen molar-refractivity contribution < 1.29 is 23.1 Å². The van der Waals surface area contributed by atoms with Crippen LogP contribution < -0.4 is 10.1 Å². The van der Waals surface area contributed by atoms with E-state index < -0.39 is 21.8 Å². The second kappa shape index (κ2) is 6.92. The first-order valence-electron chi connectivity index (χ1n) is 7.24. The average molecular weight is 349 g/mol. The number of sulfone groups is 1. The van der Waals surface area contributed by atoms with E-state index in [1.807, 2.05) is 19.1 Å². The van der Waals surface area contributed by atoms with Gasteiger partial charge in [0.1, 0.15) is 11.5 Å². The van der Waals surface area contributed by atoms with Crippen molar-refractivity contribution >= 4 is 21.4 Å². The number of hydrogen-bond donors (Lipinski definition) is 2. The fraction of sp³-hybridized carbons (Fsp3) is 0.235. The van der Waals surface area contributed by atoms with Crippen LogP contribution in [0.4, 0.5) is 5.69 Å². The fourth-order valence-electron chi connectivity index (χ4n) is 2.03. The van der Waals surface area contributed by atoms with Gasteiger partial charge < -0.3 is 15.2 Å². The number of amides is 1. The van der Waals surface area contributed by atoms with E-state index >= 15 is 0 Å². The minimum atomic E-state index is -3.45. The molecule has 2 N–H and O–H groups in total. The number of hydrogen-bond acceptors (Lipinski definition) is 5. The zero-order chi connectivity index (χ0) is 17.9. The minimum absolute atomic E-state index is 0.00264. The summed E-state index contributed by atoms with van der Waals surface area (Å²) in [6.07, 6.45) is 0.224. The highest BCUT2D eigenvalue weighted by molar-refractivity contribution is 7.90. The standard InChI is InChI=1S/C17H19NO5S/c1-11-5-4-6-13(9-11)23-12(2)17(20)18-15-10-14(24(3,21)22)7-8-16(15)19/h4-10,12,19H,1-3H3,(H,18,20). The van der Waals surface area contributed by atoms with E-state index in [-0.39, 0.29) is 16.3 Å². The van der Waals surface area contributed by atoms with Gasteiger partial charge in [-0.05, 0) is 49.7 Å². The van der Waals surface area contributed by atoms with Gasteiger partial charge in [0.25, 0.3) is 5.91 Å². The Morgan fingerprint density at radius 1 is 1.21 bits per heavy atom. The average Bonchev–Trinajstić information content (AvgIpc) is 2.48. The number of carbonyl (C=O) groups excluding carboxylic acids is 1. The molecule has 6 nitrogen and oxygen atoms in total. The van der Waals surface area contributed by atoms with E-state index in [1.165, 1.54) is 18.2 Å². The molecule has 2 aromatic rings. The highest BCUT2D eigenvalue weighted by atomic mass is 32.2. The van der Waals surface area contributed by atoms with E-state index in [1.54, 1.807) is 19.1 Å². The number of rotatable bonds is 5. The second-order valence-corrected chi connectivity index (χ2v) is 7.53. The predicted octanol–water partition coefficient (Wildman–Crippen LogP) is 2.51. The molecule has 0 saturated carbocycles. The van der Waals surface area contributed by atoms with Crippen molar-refractivity contribution in [3.05, 3.63) is 48.0 Å². The monoisotopic (exact) mass is 349 g/mol. The highest BCUT2D eigenvalue weighted by Crippen LogP contribution is 2.26. The normalized spacial score (nSPS) is 12.5. The summed E-state index contributed by atoms with van der Waals surface area (Å²) < 4.78 is 28.7. The third kappa shape index (κ3) is 4.48. The first kappa shape index (κ1) is 17.8. The number of phenolic OH excluding ortho intramolecular Hbond substituents is 1. The topological polar surface area (TPSA) is 92.7 Å². The van der Waals surface area contributed by atoms with Crippen molar-refractivity contribution in [2.45, 2.75) is 24.8 Å². The van der Waals surface area contributed by atoms with Crippen LogP contribution in [0, 0.1) is 6.92 Å².